The number of benzene rings is 1. The number of ether oxygens (including phenoxy) is 1. The summed E-state index contributed by atoms with van der Waals surface area (Å²) >= 11 is 0. The molecule has 3 heteroatoms. The molecule has 1 N–H and O–H groups in total. The van der Waals surface area contributed by atoms with Crippen LogP contribution in [-0.2, 0) is 6.42 Å². The Labute approximate surface area is 115 Å². The zero-order valence-electron chi connectivity index (χ0n) is 11.9. The van der Waals surface area contributed by atoms with Gasteiger partial charge in [-0.2, -0.15) is 0 Å². The van der Waals surface area contributed by atoms with Crippen LogP contribution in [0.4, 0.5) is 4.39 Å². The molecule has 1 aliphatic rings. The molecule has 1 fully saturated rings. The number of halogens is 1. The van der Waals surface area contributed by atoms with E-state index in [4.69, 9.17) is 4.74 Å². The third-order valence-corrected chi connectivity index (χ3v) is 3.96. The SMILES string of the molecule is CCCNC1CCC(Cc2ccc(OC)c(F)c2)C1. The first-order valence-electron chi connectivity index (χ1n) is 7.28. The minimum absolute atomic E-state index is 0.251. The van der Waals surface area contributed by atoms with Crippen LogP contribution in [-0.4, -0.2) is 19.7 Å². The molecule has 106 valence electrons. The van der Waals surface area contributed by atoms with E-state index in [0.717, 1.165) is 18.5 Å². The molecule has 1 saturated carbocycles. The van der Waals surface area contributed by atoms with E-state index in [1.165, 1.54) is 32.8 Å². The molecule has 2 unspecified atom stereocenters. The third-order valence-electron chi connectivity index (χ3n) is 3.96. The van der Waals surface area contributed by atoms with Crippen LogP contribution in [0.25, 0.3) is 0 Å². The summed E-state index contributed by atoms with van der Waals surface area (Å²) in [6, 6.07) is 5.99. The smallest absolute Gasteiger partial charge is 0.165 e. The Kier molecular flexibility index (Phi) is 5.20. The van der Waals surface area contributed by atoms with Gasteiger partial charge in [0.2, 0.25) is 0 Å². The van der Waals surface area contributed by atoms with Gasteiger partial charge in [-0.05, 0) is 62.3 Å². The molecule has 0 amide bonds. The van der Waals surface area contributed by atoms with Crippen LogP contribution >= 0.6 is 0 Å². The minimum atomic E-state index is -0.251. The van der Waals surface area contributed by atoms with Gasteiger partial charge < -0.3 is 10.1 Å². The Hall–Kier alpha value is -1.09. The van der Waals surface area contributed by atoms with Gasteiger partial charge in [-0.15, -0.1) is 0 Å². The van der Waals surface area contributed by atoms with E-state index in [1.807, 2.05) is 6.07 Å². The van der Waals surface area contributed by atoms with E-state index in [2.05, 4.69) is 12.2 Å². The third kappa shape index (κ3) is 3.93. The quantitative estimate of drug-likeness (QED) is 0.849. The fourth-order valence-electron chi connectivity index (χ4n) is 2.96. The summed E-state index contributed by atoms with van der Waals surface area (Å²) in [7, 11) is 1.50. The van der Waals surface area contributed by atoms with Gasteiger partial charge in [0.05, 0.1) is 7.11 Å². The van der Waals surface area contributed by atoms with Crippen molar-refractivity contribution in [1.29, 1.82) is 0 Å². The lowest BCUT2D eigenvalue weighted by atomic mass is 9.97. The van der Waals surface area contributed by atoms with Gasteiger partial charge in [-0.25, -0.2) is 4.39 Å². The van der Waals surface area contributed by atoms with Crippen LogP contribution in [0.2, 0.25) is 0 Å². The zero-order chi connectivity index (χ0) is 13.7. The first kappa shape index (κ1) is 14.3. The fourth-order valence-corrected chi connectivity index (χ4v) is 2.96. The second kappa shape index (κ2) is 6.90. The van der Waals surface area contributed by atoms with Crippen LogP contribution in [0, 0.1) is 11.7 Å². The van der Waals surface area contributed by atoms with Crippen LogP contribution in [0.1, 0.15) is 38.2 Å². The molecule has 0 aromatic heterocycles. The minimum Gasteiger partial charge on any atom is -0.494 e. The van der Waals surface area contributed by atoms with Gasteiger partial charge >= 0.3 is 0 Å². The predicted octanol–water partition coefficient (Wildman–Crippen LogP) is 3.55. The van der Waals surface area contributed by atoms with Crippen molar-refractivity contribution in [3.05, 3.63) is 29.6 Å². The average Bonchev–Trinajstić information content (AvgIpc) is 2.84. The van der Waals surface area contributed by atoms with Crippen molar-refractivity contribution in [2.45, 2.75) is 45.1 Å². The van der Waals surface area contributed by atoms with Crippen molar-refractivity contribution in [3.63, 3.8) is 0 Å². The molecule has 0 heterocycles. The number of methoxy groups -OCH3 is 1. The van der Waals surface area contributed by atoms with E-state index >= 15 is 0 Å². The zero-order valence-corrected chi connectivity index (χ0v) is 11.9. The monoisotopic (exact) mass is 265 g/mol. The number of hydrogen-bond acceptors (Lipinski definition) is 2. The summed E-state index contributed by atoms with van der Waals surface area (Å²) in [5.41, 5.74) is 1.08. The van der Waals surface area contributed by atoms with Crippen molar-refractivity contribution in [2.24, 2.45) is 5.92 Å². The fraction of sp³-hybridized carbons (Fsp3) is 0.625. The highest BCUT2D eigenvalue weighted by Gasteiger charge is 2.24. The van der Waals surface area contributed by atoms with Gasteiger partial charge in [0, 0.05) is 6.04 Å². The molecule has 2 rings (SSSR count). The number of nitrogens with one attached hydrogen (secondary N) is 1. The largest absolute Gasteiger partial charge is 0.494 e. The van der Waals surface area contributed by atoms with Gasteiger partial charge in [0.1, 0.15) is 0 Å². The maximum absolute atomic E-state index is 13.6. The van der Waals surface area contributed by atoms with E-state index in [-0.39, 0.29) is 5.82 Å². The lowest BCUT2D eigenvalue weighted by Gasteiger charge is -2.13. The lowest BCUT2D eigenvalue weighted by molar-refractivity contribution is 0.385. The van der Waals surface area contributed by atoms with Gasteiger partial charge in [0.15, 0.2) is 11.6 Å². The molecule has 2 atom stereocenters. The van der Waals surface area contributed by atoms with E-state index in [1.54, 1.807) is 12.1 Å². The number of rotatable bonds is 6. The molecule has 0 radical (unpaired) electrons. The number of hydrogen-bond donors (Lipinski definition) is 1. The summed E-state index contributed by atoms with van der Waals surface area (Å²) in [4.78, 5) is 0. The standard InChI is InChI=1S/C16H24FNO/c1-3-8-18-14-6-4-12(10-14)9-13-5-7-16(19-2)15(17)11-13/h5,7,11-12,14,18H,3-4,6,8-10H2,1-2H3. The lowest BCUT2D eigenvalue weighted by Crippen LogP contribution is -2.27. The normalized spacial score (nSPS) is 22.7. The van der Waals surface area contributed by atoms with Crippen molar-refractivity contribution < 1.29 is 9.13 Å². The van der Waals surface area contributed by atoms with Crippen molar-refractivity contribution >= 4 is 0 Å². The van der Waals surface area contributed by atoms with Crippen LogP contribution in [0.15, 0.2) is 18.2 Å². The molecule has 0 aliphatic heterocycles. The molecule has 0 saturated heterocycles. The Morgan fingerprint density at radius 2 is 2.21 bits per heavy atom. The molecule has 0 bridgehead atoms. The summed E-state index contributed by atoms with van der Waals surface area (Å²) < 4.78 is 18.6. The first-order valence-corrected chi connectivity index (χ1v) is 7.28. The molecular formula is C16H24FNO. The highest BCUT2D eigenvalue weighted by Crippen LogP contribution is 2.29. The van der Waals surface area contributed by atoms with Crippen molar-refractivity contribution in [3.8, 4) is 5.75 Å². The molecule has 1 aromatic carbocycles. The highest BCUT2D eigenvalue weighted by atomic mass is 19.1. The summed E-state index contributed by atoms with van der Waals surface area (Å²) in [5.74, 6) is 0.762. The van der Waals surface area contributed by atoms with E-state index in [9.17, 15) is 4.39 Å². The van der Waals surface area contributed by atoms with Gasteiger partial charge in [-0.3, -0.25) is 0 Å². The predicted molar refractivity (Wildman–Crippen MR) is 76.1 cm³/mol. The summed E-state index contributed by atoms with van der Waals surface area (Å²) in [5, 5.41) is 3.58. The maximum atomic E-state index is 13.6. The molecule has 0 spiro atoms. The van der Waals surface area contributed by atoms with Crippen molar-refractivity contribution in [1.82, 2.24) is 5.32 Å². The molecule has 2 nitrogen and oxygen atoms in total. The Morgan fingerprint density at radius 1 is 1.37 bits per heavy atom. The second-order valence-electron chi connectivity index (χ2n) is 5.50. The molecule has 1 aliphatic carbocycles. The topological polar surface area (TPSA) is 21.3 Å². The molecular weight excluding hydrogens is 241 g/mol. The Morgan fingerprint density at radius 3 is 2.89 bits per heavy atom. The van der Waals surface area contributed by atoms with Gasteiger partial charge in [-0.1, -0.05) is 13.0 Å². The van der Waals surface area contributed by atoms with Crippen LogP contribution in [0.3, 0.4) is 0 Å². The first-order chi connectivity index (χ1) is 9.22. The maximum Gasteiger partial charge on any atom is 0.165 e. The highest BCUT2D eigenvalue weighted by molar-refractivity contribution is 5.29. The van der Waals surface area contributed by atoms with E-state index < -0.39 is 0 Å². The Bertz CT molecular complexity index is 408. The van der Waals surface area contributed by atoms with Crippen LogP contribution in [0.5, 0.6) is 5.75 Å². The van der Waals surface area contributed by atoms with Gasteiger partial charge in [0.25, 0.3) is 0 Å². The second-order valence-corrected chi connectivity index (χ2v) is 5.50. The molecule has 1 aromatic rings. The average molecular weight is 265 g/mol. The van der Waals surface area contributed by atoms with Crippen LogP contribution < -0.4 is 10.1 Å². The van der Waals surface area contributed by atoms with E-state index in [0.29, 0.717) is 17.7 Å². The summed E-state index contributed by atoms with van der Waals surface area (Å²) in [6.45, 7) is 3.30. The molecule has 19 heavy (non-hydrogen) atoms. The Balaban J connectivity index is 1.86. The summed E-state index contributed by atoms with van der Waals surface area (Å²) in [6.07, 6.45) is 5.88. The van der Waals surface area contributed by atoms with Crippen molar-refractivity contribution in [2.75, 3.05) is 13.7 Å².